The average Bonchev–Trinajstić information content (AvgIpc) is 2.56. The molecule has 5 nitrogen and oxygen atoms in total. The molecule has 2 rings (SSSR count). The number of rotatable bonds is 2. The second-order valence-electron chi connectivity index (χ2n) is 4.96. The lowest BCUT2D eigenvalue weighted by Crippen LogP contribution is -2.34. The van der Waals surface area contributed by atoms with Gasteiger partial charge in [0, 0.05) is 26.2 Å². The maximum absolute atomic E-state index is 11.6. The van der Waals surface area contributed by atoms with Gasteiger partial charge in [0.05, 0.1) is 6.61 Å². The summed E-state index contributed by atoms with van der Waals surface area (Å²) < 4.78 is 4.91. The van der Waals surface area contributed by atoms with E-state index in [-0.39, 0.29) is 5.91 Å². The molecule has 5 heteroatoms. The Bertz CT molecular complexity index is 501. The van der Waals surface area contributed by atoms with Crippen LogP contribution >= 0.6 is 0 Å². The number of fused-ring (bicyclic) bond motifs is 1. The molecular weight excluding hydrogens is 292 g/mol. The summed E-state index contributed by atoms with van der Waals surface area (Å²) in [4.78, 5) is 28.8. The van der Waals surface area contributed by atoms with Crippen molar-refractivity contribution in [1.82, 2.24) is 9.88 Å². The van der Waals surface area contributed by atoms with Gasteiger partial charge < -0.3 is 9.64 Å². The number of hydrogen-bond donors (Lipinski definition) is 0. The van der Waals surface area contributed by atoms with Gasteiger partial charge in [-0.3, -0.25) is 4.79 Å². The van der Waals surface area contributed by atoms with Crippen LogP contribution in [0.15, 0.2) is 12.3 Å². The van der Waals surface area contributed by atoms with Crippen molar-refractivity contribution in [1.29, 1.82) is 0 Å². The lowest BCUT2D eigenvalue weighted by Gasteiger charge is -2.27. The molecule has 130 valence electrons. The third-order valence-corrected chi connectivity index (χ3v) is 3.03. The second-order valence-corrected chi connectivity index (χ2v) is 4.96. The number of hydrogen-bond acceptors (Lipinski definition) is 4. The van der Waals surface area contributed by atoms with Crippen LogP contribution in [0.25, 0.3) is 0 Å². The number of carbonyl (C=O) groups excluding carboxylic acids is 2. The van der Waals surface area contributed by atoms with Crippen LogP contribution in [-0.4, -0.2) is 34.9 Å². The summed E-state index contributed by atoms with van der Waals surface area (Å²) in [7, 11) is 0. The Morgan fingerprint density at radius 3 is 2.35 bits per heavy atom. The molecule has 0 atom stereocenters. The SMILES string of the molecule is CC.CCC.CCOC(=O)c1cc2c(cn1)CCN(C(C)=O)C2. The summed E-state index contributed by atoms with van der Waals surface area (Å²) >= 11 is 0. The largest absolute Gasteiger partial charge is 0.461 e. The number of aromatic nitrogens is 1. The van der Waals surface area contributed by atoms with Crippen molar-refractivity contribution >= 4 is 11.9 Å². The van der Waals surface area contributed by atoms with Crippen LogP contribution in [-0.2, 0) is 22.5 Å². The van der Waals surface area contributed by atoms with E-state index in [0.717, 1.165) is 17.5 Å². The highest BCUT2D eigenvalue weighted by atomic mass is 16.5. The lowest BCUT2D eigenvalue weighted by atomic mass is 10.0. The summed E-state index contributed by atoms with van der Waals surface area (Å²) in [5, 5.41) is 0. The highest BCUT2D eigenvalue weighted by molar-refractivity contribution is 5.87. The predicted molar refractivity (Wildman–Crippen MR) is 92.3 cm³/mol. The Morgan fingerprint density at radius 1 is 1.22 bits per heavy atom. The summed E-state index contributed by atoms with van der Waals surface area (Å²) in [5.41, 5.74) is 2.39. The number of amides is 1. The maximum atomic E-state index is 11.6. The fourth-order valence-electron chi connectivity index (χ4n) is 2.02. The standard InChI is InChI=1S/C13H16N2O3.C3H8.C2H6/c1-3-18-13(17)12-6-11-8-15(9(2)16)5-4-10(11)7-14-12;1-3-2;1-2/h6-7H,3-5,8H2,1-2H3;3H2,1-2H3;1-2H3. The highest BCUT2D eigenvalue weighted by Gasteiger charge is 2.20. The summed E-state index contributed by atoms with van der Waals surface area (Å²) in [5.74, 6) is -0.365. The van der Waals surface area contributed by atoms with Gasteiger partial charge in [-0.2, -0.15) is 0 Å². The fourth-order valence-corrected chi connectivity index (χ4v) is 2.02. The Labute approximate surface area is 140 Å². The topological polar surface area (TPSA) is 59.5 Å². The van der Waals surface area contributed by atoms with Gasteiger partial charge >= 0.3 is 5.97 Å². The summed E-state index contributed by atoms with van der Waals surface area (Å²) in [6.45, 7) is 13.1. The van der Waals surface area contributed by atoms with Gasteiger partial charge in [-0.1, -0.05) is 34.1 Å². The lowest BCUT2D eigenvalue weighted by molar-refractivity contribution is -0.129. The van der Waals surface area contributed by atoms with Crippen molar-refractivity contribution in [3.05, 3.63) is 29.1 Å². The average molecular weight is 322 g/mol. The van der Waals surface area contributed by atoms with Crippen molar-refractivity contribution in [3.63, 3.8) is 0 Å². The molecule has 1 aliphatic rings. The molecule has 0 radical (unpaired) electrons. The Morgan fingerprint density at radius 2 is 1.83 bits per heavy atom. The van der Waals surface area contributed by atoms with E-state index in [1.807, 2.05) is 13.8 Å². The number of ether oxygens (including phenoxy) is 1. The minimum Gasteiger partial charge on any atom is -0.461 e. The van der Waals surface area contributed by atoms with Crippen molar-refractivity contribution in [2.75, 3.05) is 13.2 Å². The van der Waals surface area contributed by atoms with E-state index in [9.17, 15) is 9.59 Å². The van der Waals surface area contributed by atoms with Crippen LogP contribution in [0, 0.1) is 0 Å². The van der Waals surface area contributed by atoms with Crippen LogP contribution in [0.4, 0.5) is 0 Å². The Kier molecular flexibility index (Phi) is 10.7. The molecule has 1 aliphatic heterocycles. The molecule has 1 aromatic heterocycles. The molecule has 0 bridgehead atoms. The molecular formula is C18H30N2O3. The molecule has 0 saturated heterocycles. The van der Waals surface area contributed by atoms with E-state index in [1.165, 1.54) is 6.42 Å². The molecule has 2 heterocycles. The zero-order valence-corrected chi connectivity index (χ0v) is 15.3. The zero-order valence-electron chi connectivity index (χ0n) is 15.3. The van der Waals surface area contributed by atoms with Crippen LogP contribution in [0.3, 0.4) is 0 Å². The minimum absolute atomic E-state index is 0.0511. The Balaban J connectivity index is 0.000000868. The highest BCUT2D eigenvalue weighted by Crippen LogP contribution is 2.19. The molecule has 0 aromatic carbocycles. The van der Waals surface area contributed by atoms with Gasteiger partial charge in [-0.05, 0) is 30.5 Å². The van der Waals surface area contributed by atoms with E-state index >= 15 is 0 Å². The molecule has 0 unspecified atom stereocenters. The molecule has 0 N–H and O–H groups in total. The third kappa shape index (κ3) is 6.80. The molecule has 1 amide bonds. The van der Waals surface area contributed by atoms with Gasteiger partial charge in [0.1, 0.15) is 5.69 Å². The van der Waals surface area contributed by atoms with Crippen LogP contribution in [0.5, 0.6) is 0 Å². The number of esters is 1. The molecule has 0 aliphatic carbocycles. The van der Waals surface area contributed by atoms with E-state index in [1.54, 1.807) is 31.0 Å². The minimum atomic E-state index is -0.416. The van der Waals surface area contributed by atoms with E-state index in [2.05, 4.69) is 18.8 Å². The first-order valence-corrected chi connectivity index (χ1v) is 8.43. The first-order valence-electron chi connectivity index (χ1n) is 8.43. The molecule has 23 heavy (non-hydrogen) atoms. The van der Waals surface area contributed by atoms with E-state index < -0.39 is 5.97 Å². The fraction of sp³-hybridized carbons (Fsp3) is 0.611. The zero-order chi connectivity index (χ0) is 17.8. The number of carbonyl (C=O) groups is 2. The first-order chi connectivity index (χ1) is 11.0. The van der Waals surface area contributed by atoms with Crippen LogP contribution < -0.4 is 0 Å². The summed E-state index contributed by atoms with van der Waals surface area (Å²) in [6.07, 6.45) is 3.74. The van der Waals surface area contributed by atoms with Crippen molar-refractivity contribution < 1.29 is 14.3 Å². The smallest absolute Gasteiger partial charge is 0.356 e. The van der Waals surface area contributed by atoms with Crippen LogP contribution in [0.1, 0.15) is 69.6 Å². The number of pyridine rings is 1. The third-order valence-electron chi connectivity index (χ3n) is 3.03. The Hall–Kier alpha value is -1.91. The second kappa shape index (κ2) is 11.6. The maximum Gasteiger partial charge on any atom is 0.356 e. The predicted octanol–water partition coefficient (Wildman–Crippen LogP) is 3.61. The van der Waals surface area contributed by atoms with Gasteiger partial charge in [-0.15, -0.1) is 0 Å². The quantitative estimate of drug-likeness (QED) is 0.781. The monoisotopic (exact) mass is 322 g/mol. The van der Waals surface area contributed by atoms with Gasteiger partial charge in [0.15, 0.2) is 0 Å². The molecule has 1 aromatic rings. The van der Waals surface area contributed by atoms with Gasteiger partial charge in [0.25, 0.3) is 0 Å². The van der Waals surface area contributed by atoms with Crippen molar-refractivity contribution in [2.45, 2.75) is 60.9 Å². The summed E-state index contributed by atoms with van der Waals surface area (Å²) in [6, 6.07) is 1.72. The number of nitrogens with zero attached hydrogens (tertiary/aromatic N) is 2. The van der Waals surface area contributed by atoms with E-state index in [4.69, 9.17) is 4.74 Å². The van der Waals surface area contributed by atoms with E-state index in [0.29, 0.717) is 25.4 Å². The van der Waals surface area contributed by atoms with Crippen LogP contribution in [0.2, 0.25) is 0 Å². The van der Waals surface area contributed by atoms with Crippen molar-refractivity contribution in [3.8, 4) is 0 Å². The van der Waals surface area contributed by atoms with Gasteiger partial charge in [-0.25, -0.2) is 9.78 Å². The van der Waals surface area contributed by atoms with Crippen molar-refractivity contribution in [2.24, 2.45) is 0 Å². The molecule has 0 saturated carbocycles. The first kappa shape index (κ1) is 21.1. The molecule has 0 fully saturated rings. The normalized spacial score (nSPS) is 12.0. The molecule has 0 spiro atoms. The van der Waals surface area contributed by atoms with Gasteiger partial charge in [0.2, 0.25) is 5.91 Å².